The number of aliphatic hydroxyl groups is 1. The van der Waals surface area contributed by atoms with Crippen LogP contribution < -0.4 is 19.5 Å². The number of hydrogen-bond acceptors (Lipinski definition) is 3. The first-order valence-corrected chi connectivity index (χ1v) is 9.63. The minimum Gasteiger partial charge on any atom is -0.490 e. The van der Waals surface area contributed by atoms with Crippen molar-refractivity contribution in [2.24, 2.45) is 0 Å². The lowest BCUT2D eigenvalue weighted by Crippen LogP contribution is -3.16. The second kappa shape index (κ2) is 8.37. The van der Waals surface area contributed by atoms with Crippen molar-refractivity contribution in [2.45, 2.75) is 6.10 Å². The van der Waals surface area contributed by atoms with Crippen LogP contribution in [0.3, 0.4) is 0 Å². The molecule has 1 fully saturated rings. The van der Waals surface area contributed by atoms with Gasteiger partial charge in [0.2, 0.25) is 0 Å². The van der Waals surface area contributed by atoms with Crippen molar-refractivity contribution in [2.75, 3.05) is 44.2 Å². The van der Waals surface area contributed by atoms with Gasteiger partial charge < -0.3 is 14.7 Å². The number of hydrogen-bond donors (Lipinski definition) is 2. The van der Waals surface area contributed by atoms with E-state index < -0.39 is 6.10 Å². The third-order valence-corrected chi connectivity index (χ3v) is 5.21. The Morgan fingerprint density at radius 1 is 1.00 bits per heavy atom. The lowest BCUT2D eigenvalue weighted by atomic mass is 10.1. The van der Waals surface area contributed by atoms with E-state index in [1.165, 1.54) is 4.90 Å². The maximum Gasteiger partial charge on any atom is 0.274 e. The summed E-state index contributed by atoms with van der Waals surface area (Å²) in [4.78, 5) is 7.08. The first kappa shape index (κ1) is 17.8. The van der Waals surface area contributed by atoms with Gasteiger partial charge in [-0.1, -0.05) is 42.5 Å². The SMILES string of the molecule is O[C@H](COc1cccc2ccccc12)C[NH+]1CCN(c2cccc[nH+]2)CC1. The topological polar surface area (TPSA) is 51.3 Å². The van der Waals surface area contributed by atoms with Crippen molar-refractivity contribution in [1.82, 2.24) is 0 Å². The third kappa shape index (κ3) is 4.38. The number of nitrogens with one attached hydrogen (secondary N) is 2. The quantitative estimate of drug-likeness (QED) is 0.679. The van der Waals surface area contributed by atoms with Crippen LogP contribution in [0.15, 0.2) is 66.9 Å². The highest BCUT2D eigenvalue weighted by Crippen LogP contribution is 2.25. The number of piperazine rings is 1. The number of nitrogens with zero attached hydrogens (tertiary/aromatic N) is 1. The molecule has 3 aromatic rings. The zero-order chi connectivity index (χ0) is 18.5. The Labute approximate surface area is 159 Å². The van der Waals surface area contributed by atoms with Crippen molar-refractivity contribution in [1.29, 1.82) is 0 Å². The Morgan fingerprint density at radius 2 is 1.78 bits per heavy atom. The average Bonchev–Trinajstić information content (AvgIpc) is 2.73. The van der Waals surface area contributed by atoms with E-state index in [0.29, 0.717) is 6.61 Å². The Morgan fingerprint density at radius 3 is 2.59 bits per heavy atom. The van der Waals surface area contributed by atoms with Gasteiger partial charge in [-0.15, -0.1) is 0 Å². The normalized spacial score (nSPS) is 16.4. The van der Waals surface area contributed by atoms with Crippen molar-refractivity contribution < 1.29 is 19.7 Å². The molecule has 5 nitrogen and oxygen atoms in total. The van der Waals surface area contributed by atoms with Gasteiger partial charge in [-0.25, -0.2) is 4.98 Å². The Hall–Kier alpha value is -2.63. The lowest BCUT2D eigenvalue weighted by Gasteiger charge is -2.29. The van der Waals surface area contributed by atoms with Crippen molar-refractivity contribution in [3.05, 3.63) is 66.9 Å². The van der Waals surface area contributed by atoms with Gasteiger partial charge in [0.15, 0.2) is 0 Å². The number of aromatic amines is 1. The number of anilines is 1. The van der Waals surface area contributed by atoms with Gasteiger partial charge >= 0.3 is 0 Å². The van der Waals surface area contributed by atoms with Crippen LogP contribution in [0.4, 0.5) is 5.82 Å². The smallest absolute Gasteiger partial charge is 0.274 e. The first-order valence-electron chi connectivity index (χ1n) is 9.63. The number of pyridine rings is 1. The molecule has 1 saturated heterocycles. The fraction of sp³-hybridized carbons (Fsp3) is 0.318. The number of rotatable bonds is 6. The molecule has 5 heteroatoms. The van der Waals surface area contributed by atoms with Crippen LogP contribution >= 0.6 is 0 Å². The molecule has 3 N–H and O–H groups in total. The van der Waals surface area contributed by atoms with E-state index in [0.717, 1.165) is 55.1 Å². The van der Waals surface area contributed by atoms with E-state index in [-0.39, 0.29) is 0 Å². The minimum atomic E-state index is -0.464. The van der Waals surface area contributed by atoms with Crippen molar-refractivity contribution >= 4 is 16.6 Å². The Kier molecular flexibility index (Phi) is 5.51. The van der Waals surface area contributed by atoms with Crippen LogP contribution in [-0.2, 0) is 0 Å². The summed E-state index contributed by atoms with van der Waals surface area (Å²) in [6, 6.07) is 20.4. The first-order chi connectivity index (χ1) is 13.3. The van der Waals surface area contributed by atoms with Crippen molar-refractivity contribution in [3.63, 3.8) is 0 Å². The molecule has 2 aromatic carbocycles. The molecular formula is C22H27N3O2+2. The fourth-order valence-corrected chi connectivity index (χ4v) is 3.75. The number of aliphatic hydroxyl groups excluding tert-OH is 1. The Bertz CT molecular complexity index is 858. The molecule has 0 spiro atoms. The number of fused-ring (bicyclic) bond motifs is 1. The lowest BCUT2D eigenvalue weighted by molar-refractivity contribution is -0.903. The number of ether oxygens (including phenoxy) is 1. The highest BCUT2D eigenvalue weighted by molar-refractivity contribution is 5.88. The molecule has 0 radical (unpaired) electrons. The predicted molar refractivity (Wildman–Crippen MR) is 106 cm³/mol. The van der Waals surface area contributed by atoms with Gasteiger partial charge in [-0.3, -0.25) is 4.90 Å². The molecule has 1 aliphatic heterocycles. The molecular weight excluding hydrogens is 338 g/mol. The maximum absolute atomic E-state index is 10.5. The third-order valence-electron chi connectivity index (χ3n) is 5.21. The van der Waals surface area contributed by atoms with Crippen LogP contribution in [-0.4, -0.2) is 50.5 Å². The predicted octanol–water partition coefficient (Wildman–Crippen LogP) is 0.799. The summed E-state index contributed by atoms with van der Waals surface area (Å²) < 4.78 is 5.93. The zero-order valence-electron chi connectivity index (χ0n) is 15.5. The molecule has 0 aliphatic carbocycles. The maximum atomic E-state index is 10.5. The fourth-order valence-electron chi connectivity index (χ4n) is 3.75. The highest BCUT2D eigenvalue weighted by atomic mass is 16.5. The van der Waals surface area contributed by atoms with E-state index >= 15 is 0 Å². The Balaban J connectivity index is 1.27. The van der Waals surface area contributed by atoms with E-state index in [9.17, 15) is 5.11 Å². The summed E-state index contributed by atoms with van der Waals surface area (Å²) in [5.41, 5.74) is 0. The summed E-state index contributed by atoms with van der Waals surface area (Å²) in [6.07, 6.45) is 1.50. The molecule has 4 rings (SSSR count). The number of quaternary nitrogens is 1. The summed E-state index contributed by atoms with van der Waals surface area (Å²) >= 11 is 0. The average molecular weight is 365 g/mol. The summed E-state index contributed by atoms with van der Waals surface area (Å²) in [5.74, 6) is 2.00. The molecule has 140 valence electrons. The van der Waals surface area contributed by atoms with Crippen LogP contribution in [0, 0.1) is 0 Å². The standard InChI is InChI=1S/C22H25N3O2/c26-19(17-27-21-9-5-7-18-6-1-2-8-20(18)21)16-24-12-14-25(15-13-24)22-10-3-4-11-23-22/h1-11,19,26H,12-17H2/p+2/t19-/m0/s1. The highest BCUT2D eigenvalue weighted by Gasteiger charge is 2.27. The zero-order valence-corrected chi connectivity index (χ0v) is 15.5. The molecule has 1 atom stereocenters. The van der Waals surface area contributed by atoms with Gasteiger partial charge in [0, 0.05) is 11.5 Å². The van der Waals surface area contributed by atoms with Crippen LogP contribution in [0.1, 0.15) is 0 Å². The second-order valence-electron chi connectivity index (χ2n) is 7.13. The summed E-state index contributed by atoms with van der Waals surface area (Å²) in [5, 5.41) is 12.7. The van der Waals surface area contributed by atoms with Gasteiger partial charge in [0.05, 0.1) is 6.20 Å². The largest absolute Gasteiger partial charge is 0.490 e. The van der Waals surface area contributed by atoms with Gasteiger partial charge in [0.25, 0.3) is 5.82 Å². The van der Waals surface area contributed by atoms with Gasteiger partial charge in [-0.2, -0.15) is 0 Å². The molecule has 2 heterocycles. The number of benzene rings is 2. The molecule has 0 bridgehead atoms. The molecule has 1 aliphatic rings. The van der Waals surface area contributed by atoms with Crippen LogP contribution in [0.5, 0.6) is 5.75 Å². The summed E-state index contributed by atoms with van der Waals surface area (Å²) in [7, 11) is 0. The molecule has 0 unspecified atom stereocenters. The monoisotopic (exact) mass is 365 g/mol. The van der Waals surface area contributed by atoms with E-state index in [1.807, 2.05) is 36.5 Å². The van der Waals surface area contributed by atoms with Crippen molar-refractivity contribution in [3.8, 4) is 5.75 Å². The number of aromatic nitrogens is 1. The van der Waals surface area contributed by atoms with Gasteiger partial charge in [-0.05, 0) is 17.5 Å². The molecule has 0 saturated carbocycles. The van der Waals surface area contributed by atoms with E-state index in [2.05, 4.69) is 40.2 Å². The van der Waals surface area contributed by atoms with Crippen LogP contribution in [0.25, 0.3) is 10.8 Å². The second-order valence-corrected chi connectivity index (χ2v) is 7.13. The van der Waals surface area contributed by atoms with E-state index in [1.54, 1.807) is 0 Å². The molecule has 1 aromatic heterocycles. The van der Waals surface area contributed by atoms with E-state index in [4.69, 9.17) is 4.74 Å². The molecule has 27 heavy (non-hydrogen) atoms. The summed E-state index contributed by atoms with van der Waals surface area (Å²) in [6.45, 7) is 5.08. The van der Waals surface area contributed by atoms with Gasteiger partial charge in [0.1, 0.15) is 51.2 Å². The molecule has 0 amide bonds. The minimum absolute atomic E-state index is 0.327. The number of H-pyrrole nitrogens is 1. The van der Waals surface area contributed by atoms with Crippen LogP contribution in [0.2, 0.25) is 0 Å².